The topological polar surface area (TPSA) is 46.5 Å². The number of aliphatic hydroxyl groups is 1. The van der Waals surface area contributed by atoms with Crippen molar-refractivity contribution in [2.75, 3.05) is 6.61 Å². The van der Waals surface area contributed by atoms with Gasteiger partial charge in [0.15, 0.2) is 0 Å². The van der Waals surface area contributed by atoms with Gasteiger partial charge in [-0.2, -0.15) is 0 Å². The van der Waals surface area contributed by atoms with Crippen molar-refractivity contribution in [2.24, 2.45) is 0 Å². The van der Waals surface area contributed by atoms with Gasteiger partial charge in [-0.25, -0.2) is 0 Å². The summed E-state index contributed by atoms with van der Waals surface area (Å²) < 4.78 is 4.79. The van der Waals surface area contributed by atoms with Crippen molar-refractivity contribution in [3.63, 3.8) is 0 Å². The van der Waals surface area contributed by atoms with Crippen LogP contribution in [-0.2, 0) is 9.53 Å². The van der Waals surface area contributed by atoms with E-state index in [2.05, 4.69) is 17.8 Å². The highest BCUT2D eigenvalue weighted by Crippen LogP contribution is 2.01. The first-order chi connectivity index (χ1) is 9.70. The molecule has 0 saturated carbocycles. The molecule has 0 saturated heterocycles. The maximum atomic E-state index is 11.1. The Kier molecular flexibility index (Phi) is 12.1. The van der Waals surface area contributed by atoms with E-state index in [4.69, 9.17) is 11.2 Å². The van der Waals surface area contributed by atoms with E-state index in [0.29, 0.717) is 25.9 Å². The summed E-state index contributed by atoms with van der Waals surface area (Å²) in [5.41, 5.74) is 0. The summed E-state index contributed by atoms with van der Waals surface area (Å²) in [5, 5.41) is 9.56. The van der Waals surface area contributed by atoms with E-state index >= 15 is 0 Å². The Bertz CT molecular complexity index is 416. The molecule has 0 amide bonds. The predicted octanol–water partition coefficient (Wildman–Crippen LogP) is 2.61. The van der Waals surface area contributed by atoms with Crippen LogP contribution in [0.25, 0.3) is 0 Å². The van der Waals surface area contributed by atoms with Gasteiger partial charge >= 0.3 is 5.97 Å². The third-order valence-corrected chi connectivity index (χ3v) is 2.30. The molecule has 20 heavy (non-hydrogen) atoms. The van der Waals surface area contributed by atoms with Gasteiger partial charge in [-0.3, -0.25) is 4.79 Å². The van der Waals surface area contributed by atoms with Crippen molar-refractivity contribution in [1.82, 2.24) is 0 Å². The molecule has 0 spiro atoms. The number of rotatable bonds is 8. The molecule has 0 radical (unpaired) electrons. The van der Waals surface area contributed by atoms with Crippen LogP contribution >= 0.6 is 0 Å². The van der Waals surface area contributed by atoms with Gasteiger partial charge in [0.25, 0.3) is 0 Å². The summed E-state index contributed by atoms with van der Waals surface area (Å²) in [7, 11) is 0. The second kappa shape index (κ2) is 13.5. The number of carbonyl (C=O) groups excluding carboxylic acids is 1. The van der Waals surface area contributed by atoms with Crippen LogP contribution in [0, 0.1) is 24.2 Å². The molecule has 0 bridgehead atoms. The number of hydrogen-bond donors (Lipinski definition) is 1. The van der Waals surface area contributed by atoms with Gasteiger partial charge in [-0.05, 0) is 32.3 Å². The SMILES string of the molecule is C#CCC/C=C/C=C/C#C[C@@H](O)CCCC(=O)OCC. The minimum absolute atomic E-state index is 0.232. The number of carbonyl (C=O) groups is 1. The first kappa shape index (κ1) is 18.0. The molecule has 3 nitrogen and oxygen atoms in total. The minimum atomic E-state index is -0.709. The zero-order valence-electron chi connectivity index (χ0n) is 12.0. The Morgan fingerprint density at radius 2 is 2.25 bits per heavy atom. The monoisotopic (exact) mass is 274 g/mol. The zero-order valence-corrected chi connectivity index (χ0v) is 12.0. The Morgan fingerprint density at radius 3 is 2.95 bits per heavy atom. The summed E-state index contributed by atoms with van der Waals surface area (Å²) in [4.78, 5) is 11.1. The molecule has 0 aromatic rings. The molecule has 3 heteroatoms. The summed E-state index contributed by atoms with van der Waals surface area (Å²) in [6.07, 6.45) is 14.7. The van der Waals surface area contributed by atoms with Gasteiger partial charge < -0.3 is 9.84 Å². The number of unbranched alkanes of at least 4 members (excludes halogenated alkanes) is 1. The molecule has 0 aromatic heterocycles. The first-order valence-corrected chi connectivity index (χ1v) is 6.80. The van der Waals surface area contributed by atoms with E-state index < -0.39 is 6.10 Å². The molecular weight excluding hydrogens is 252 g/mol. The van der Waals surface area contributed by atoms with Crippen LogP contribution in [0.15, 0.2) is 24.3 Å². The lowest BCUT2D eigenvalue weighted by Crippen LogP contribution is -2.07. The average Bonchev–Trinajstić information content (AvgIpc) is 2.42. The van der Waals surface area contributed by atoms with Crippen molar-refractivity contribution < 1.29 is 14.6 Å². The van der Waals surface area contributed by atoms with E-state index in [1.807, 2.05) is 12.2 Å². The van der Waals surface area contributed by atoms with Crippen molar-refractivity contribution >= 4 is 5.97 Å². The van der Waals surface area contributed by atoms with Crippen LogP contribution in [-0.4, -0.2) is 23.8 Å². The second-order valence-electron chi connectivity index (χ2n) is 4.03. The van der Waals surface area contributed by atoms with E-state index in [1.165, 1.54) is 0 Å². The Hall–Kier alpha value is -1.97. The molecule has 0 rings (SSSR count). The molecule has 0 aliphatic rings. The van der Waals surface area contributed by atoms with Crippen LogP contribution in [0.2, 0.25) is 0 Å². The zero-order chi connectivity index (χ0) is 15.1. The largest absolute Gasteiger partial charge is 0.466 e. The van der Waals surface area contributed by atoms with Crippen molar-refractivity contribution in [3.8, 4) is 24.2 Å². The van der Waals surface area contributed by atoms with Crippen LogP contribution < -0.4 is 0 Å². The van der Waals surface area contributed by atoms with E-state index in [1.54, 1.807) is 19.1 Å². The summed E-state index contributed by atoms with van der Waals surface area (Å²) in [6.45, 7) is 2.16. The molecule has 0 unspecified atom stereocenters. The fourth-order valence-electron chi connectivity index (χ4n) is 1.33. The van der Waals surface area contributed by atoms with Crippen LogP contribution in [0.4, 0.5) is 0 Å². The van der Waals surface area contributed by atoms with Crippen molar-refractivity contribution in [3.05, 3.63) is 24.3 Å². The predicted molar refractivity (Wildman–Crippen MR) is 80.6 cm³/mol. The fourth-order valence-corrected chi connectivity index (χ4v) is 1.33. The van der Waals surface area contributed by atoms with Gasteiger partial charge in [0.1, 0.15) is 6.10 Å². The molecule has 108 valence electrons. The Balaban J connectivity index is 3.76. The third-order valence-electron chi connectivity index (χ3n) is 2.30. The summed E-state index contributed by atoms with van der Waals surface area (Å²) >= 11 is 0. The molecule has 0 aliphatic heterocycles. The van der Waals surface area contributed by atoms with Crippen LogP contribution in [0.1, 0.15) is 39.0 Å². The van der Waals surface area contributed by atoms with Crippen LogP contribution in [0.3, 0.4) is 0 Å². The van der Waals surface area contributed by atoms with E-state index in [-0.39, 0.29) is 5.97 Å². The van der Waals surface area contributed by atoms with Crippen molar-refractivity contribution in [2.45, 2.75) is 45.1 Å². The van der Waals surface area contributed by atoms with Gasteiger partial charge in [-0.15, -0.1) is 12.3 Å². The first-order valence-electron chi connectivity index (χ1n) is 6.80. The van der Waals surface area contributed by atoms with Gasteiger partial charge in [0, 0.05) is 12.8 Å². The Labute approximate surface area is 121 Å². The molecule has 0 heterocycles. The standard InChI is InChI=1S/C17H22O3/c1-3-5-6-7-8-9-10-11-13-16(18)14-12-15-17(19)20-4-2/h1,7-10,16,18H,4-6,12,14-15H2,2H3/b8-7+,10-9+/t16-/m1/s1. The summed E-state index contributed by atoms with van der Waals surface area (Å²) in [6, 6.07) is 0. The number of esters is 1. The molecule has 0 fully saturated rings. The number of allylic oxidation sites excluding steroid dienone is 4. The molecule has 1 N–H and O–H groups in total. The lowest BCUT2D eigenvalue weighted by atomic mass is 10.1. The molecule has 0 aliphatic carbocycles. The normalized spacial score (nSPS) is 11.8. The third kappa shape index (κ3) is 12.5. The van der Waals surface area contributed by atoms with Gasteiger partial charge in [0.05, 0.1) is 6.61 Å². The highest BCUT2D eigenvalue weighted by molar-refractivity contribution is 5.69. The van der Waals surface area contributed by atoms with E-state index in [9.17, 15) is 9.90 Å². The van der Waals surface area contributed by atoms with Crippen LogP contribution in [0.5, 0.6) is 0 Å². The number of terminal acetylenes is 1. The highest BCUT2D eigenvalue weighted by Gasteiger charge is 2.04. The smallest absolute Gasteiger partial charge is 0.305 e. The Morgan fingerprint density at radius 1 is 1.45 bits per heavy atom. The number of aliphatic hydroxyl groups excluding tert-OH is 1. The average molecular weight is 274 g/mol. The highest BCUT2D eigenvalue weighted by atomic mass is 16.5. The van der Waals surface area contributed by atoms with Crippen molar-refractivity contribution in [1.29, 1.82) is 0 Å². The molecule has 1 atom stereocenters. The summed E-state index contributed by atoms with van der Waals surface area (Å²) in [5.74, 6) is 7.76. The fraction of sp³-hybridized carbons (Fsp3) is 0.471. The second-order valence-corrected chi connectivity index (χ2v) is 4.03. The lowest BCUT2D eigenvalue weighted by Gasteiger charge is -2.03. The quantitative estimate of drug-likeness (QED) is 0.320. The number of hydrogen-bond acceptors (Lipinski definition) is 3. The maximum absolute atomic E-state index is 11.1. The van der Waals surface area contributed by atoms with Gasteiger partial charge in [-0.1, -0.05) is 30.1 Å². The number of ether oxygens (including phenoxy) is 1. The van der Waals surface area contributed by atoms with E-state index in [0.717, 1.165) is 12.8 Å². The molecule has 0 aromatic carbocycles. The lowest BCUT2D eigenvalue weighted by molar-refractivity contribution is -0.143. The minimum Gasteiger partial charge on any atom is -0.466 e. The molecular formula is C17H22O3. The van der Waals surface area contributed by atoms with Gasteiger partial charge in [0.2, 0.25) is 0 Å². The maximum Gasteiger partial charge on any atom is 0.305 e.